The van der Waals surface area contributed by atoms with Gasteiger partial charge in [-0.05, 0) is 42.0 Å². The fourth-order valence-electron chi connectivity index (χ4n) is 4.52. The van der Waals surface area contributed by atoms with Crippen LogP contribution in [0.1, 0.15) is 0 Å². The molecule has 4 aromatic rings. The summed E-state index contributed by atoms with van der Waals surface area (Å²) >= 11 is 0. The summed E-state index contributed by atoms with van der Waals surface area (Å²) in [6.45, 7) is 5.72. The van der Waals surface area contributed by atoms with E-state index in [1.54, 1.807) is 17.0 Å². The van der Waals surface area contributed by atoms with Crippen LogP contribution in [0.25, 0.3) is 22.0 Å². The molecule has 1 fully saturated rings. The van der Waals surface area contributed by atoms with E-state index in [0.29, 0.717) is 48.6 Å². The average molecular weight is 567 g/mol. The number of amides is 1. The van der Waals surface area contributed by atoms with Gasteiger partial charge in [-0.3, -0.25) is 9.52 Å². The number of ether oxygens (including phenoxy) is 1. The number of benzene rings is 2. The predicted molar refractivity (Wildman–Crippen MR) is 145 cm³/mol. The van der Waals surface area contributed by atoms with Crippen molar-refractivity contribution in [3.8, 4) is 17.0 Å². The molecule has 206 valence electrons. The molecule has 3 heterocycles. The molecule has 10 nitrogen and oxygen atoms in total. The highest BCUT2D eigenvalue weighted by molar-refractivity contribution is 7.92. The summed E-state index contributed by atoms with van der Waals surface area (Å²) in [5.74, 6) is -1.97. The van der Waals surface area contributed by atoms with Gasteiger partial charge in [0.25, 0.3) is 10.0 Å². The third kappa shape index (κ3) is 5.15. The van der Waals surface area contributed by atoms with Crippen LogP contribution < -0.4 is 14.4 Å². The second-order valence-electron chi connectivity index (χ2n) is 8.88. The van der Waals surface area contributed by atoms with E-state index >= 15 is 0 Å². The van der Waals surface area contributed by atoms with Crippen LogP contribution >= 0.6 is 0 Å². The van der Waals surface area contributed by atoms with E-state index in [1.165, 1.54) is 31.8 Å². The molecule has 0 radical (unpaired) electrons. The first-order valence-corrected chi connectivity index (χ1v) is 13.6. The maximum atomic E-state index is 14.2. The van der Waals surface area contributed by atoms with Crippen LogP contribution in [0.4, 0.5) is 20.3 Å². The summed E-state index contributed by atoms with van der Waals surface area (Å²) in [6, 6.07) is 9.70. The minimum atomic E-state index is -4.66. The number of methoxy groups -OCH3 is 1. The van der Waals surface area contributed by atoms with Crippen LogP contribution in [0.3, 0.4) is 0 Å². The fraction of sp³-hybridized carbons (Fsp3) is 0.185. The fourth-order valence-corrected chi connectivity index (χ4v) is 5.71. The molecule has 1 N–H and O–H groups in total. The van der Waals surface area contributed by atoms with Gasteiger partial charge in [0.1, 0.15) is 29.5 Å². The molecule has 1 aliphatic heterocycles. The number of pyridine rings is 1. The summed E-state index contributed by atoms with van der Waals surface area (Å²) in [7, 11) is -3.36. The van der Waals surface area contributed by atoms with Crippen LogP contribution in [0.15, 0.2) is 72.5 Å². The smallest absolute Gasteiger partial charge is 0.267 e. The van der Waals surface area contributed by atoms with Gasteiger partial charge < -0.3 is 14.5 Å². The van der Waals surface area contributed by atoms with Crippen molar-refractivity contribution in [1.82, 2.24) is 19.9 Å². The zero-order valence-corrected chi connectivity index (χ0v) is 22.2. The third-order valence-electron chi connectivity index (χ3n) is 6.49. The molecular weight excluding hydrogens is 542 g/mol. The quantitative estimate of drug-likeness (QED) is 0.337. The predicted octanol–water partition coefficient (Wildman–Crippen LogP) is 3.61. The lowest BCUT2D eigenvalue weighted by Crippen LogP contribution is -2.48. The Morgan fingerprint density at radius 3 is 2.42 bits per heavy atom. The standard InChI is InChI=1S/C27H24F2N6O4S/c1-3-24(36)34-9-11-35(12-10-34)26-19-13-17(7-8-22(19)31-16-32-26)18-14-23(27(39-2)30-15-18)33-40(37,38)25-20(28)5-4-6-21(25)29/h3-8,13-16,33H,1,9-12H2,2H3. The highest BCUT2D eigenvalue weighted by Gasteiger charge is 2.26. The minimum absolute atomic E-state index is 0.0826. The van der Waals surface area contributed by atoms with Crippen molar-refractivity contribution in [1.29, 1.82) is 0 Å². The summed E-state index contributed by atoms with van der Waals surface area (Å²) in [5.41, 5.74) is 1.76. The largest absolute Gasteiger partial charge is 0.480 e. The number of anilines is 2. The van der Waals surface area contributed by atoms with Gasteiger partial charge in [0.2, 0.25) is 11.8 Å². The number of aromatic nitrogens is 3. The van der Waals surface area contributed by atoms with Gasteiger partial charge in [-0.25, -0.2) is 32.2 Å². The molecule has 2 aromatic carbocycles. The second kappa shape index (κ2) is 10.8. The molecule has 1 saturated heterocycles. The van der Waals surface area contributed by atoms with Gasteiger partial charge in [-0.2, -0.15) is 0 Å². The van der Waals surface area contributed by atoms with Crippen molar-refractivity contribution in [2.45, 2.75) is 4.90 Å². The van der Waals surface area contributed by atoms with Crippen molar-refractivity contribution >= 4 is 38.3 Å². The van der Waals surface area contributed by atoms with Crippen LogP contribution in [0, 0.1) is 11.6 Å². The Bertz CT molecular complexity index is 1710. The zero-order chi connectivity index (χ0) is 28.4. The number of nitrogens with one attached hydrogen (secondary N) is 1. The summed E-state index contributed by atoms with van der Waals surface area (Å²) in [6.07, 6.45) is 4.26. The van der Waals surface area contributed by atoms with E-state index in [-0.39, 0.29) is 17.5 Å². The van der Waals surface area contributed by atoms with Crippen LogP contribution in [0.5, 0.6) is 5.88 Å². The minimum Gasteiger partial charge on any atom is -0.480 e. The molecule has 0 saturated carbocycles. The van der Waals surface area contributed by atoms with Crippen LogP contribution in [-0.4, -0.2) is 67.5 Å². The molecule has 13 heteroatoms. The number of rotatable bonds is 7. The van der Waals surface area contributed by atoms with Crippen molar-refractivity contribution in [3.63, 3.8) is 0 Å². The Morgan fingerprint density at radius 2 is 1.75 bits per heavy atom. The normalized spacial score (nSPS) is 13.8. The Labute approximate surface area is 229 Å². The third-order valence-corrected chi connectivity index (χ3v) is 7.91. The second-order valence-corrected chi connectivity index (χ2v) is 10.5. The van der Waals surface area contributed by atoms with Gasteiger partial charge in [0, 0.05) is 43.3 Å². The van der Waals surface area contributed by atoms with Crippen molar-refractivity contribution in [3.05, 3.63) is 79.3 Å². The Kier molecular flexibility index (Phi) is 7.30. The van der Waals surface area contributed by atoms with Crippen molar-refractivity contribution in [2.75, 3.05) is 42.9 Å². The number of hydrogen-bond donors (Lipinski definition) is 1. The zero-order valence-electron chi connectivity index (χ0n) is 21.3. The van der Waals surface area contributed by atoms with Gasteiger partial charge in [-0.1, -0.05) is 18.7 Å². The lowest BCUT2D eigenvalue weighted by molar-refractivity contribution is -0.126. The van der Waals surface area contributed by atoms with Crippen molar-refractivity contribution in [2.24, 2.45) is 0 Å². The highest BCUT2D eigenvalue weighted by Crippen LogP contribution is 2.34. The lowest BCUT2D eigenvalue weighted by atomic mass is 10.0. The molecule has 0 aliphatic carbocycles. The monoisotopic (exact) mass is 566 g/mol. The lowest BCUT2D eigenvalue weighted by Gasteiger charge is -2.35. The molecule has 5 rings (SSSR count). The first kappa shape index (κ1) is 26.9. The number of piperazine rings is 1. The van der Waals surface area contributed by atoms with E-state index in [4.69, 9.17) is 4.74 Å². The topological polar surface area (TPSA) is 118 Å². The van der Waals surface area contributed by atoms with Gasteiger partial charge in [-0.15, -0.1) is 0 Å². The SMILES string of the molecule is C=CC(=O)N1CCN(c2ncnc3ccc(-c4cnc(OC)c(NS(=O)(=O)c5c(F)cccc5F)c4)cc23)CC1. The number of nitrogens with zero attached hydrogens (tertiary/aromatic N) is 5. The van der Waals surface area contributed by atoms with Gasteiger partial charge in [0.05, 0.1) is 12.6 Å². The molecule has 0 bridgehead atoms. The summed E-state index contributed by atoms with van der Waals surface area (Å²) < 4.78 is 61.7. The summed E-state index contributed by atoms with van der Waals surface area (Å²) in [5, 5.41) is 0.745. The molecule has 1 amide bonds. The van der Waals surface area contributed by atoms with E-state index < -0.39 is 26.6 Å². The molecule has 0 unspecified atom stereocenters. The number of sulfonamides is 1. The maximum Gasteiger partial charge on any atom is 0.267 e. The average Bonchev–Trinajstić information content (AvgIpc) is 2.95. The Hall–Kier alpha value is -4.65. The molecule has 0 spiro atoms. The molecule has 2 aromatic heterocycles. The molecule has 40 heavy (non-hydrogen) atoms. The maximum absolute atomic E-state index is 14.2. The summed E-state index contributed by atoms with van der Waals surface area (Å²) in [4.78, 5) is 27.7. The number of halogens is 2. The van der Waals surface area contributed by atoms with E-state index in [0.717, 1.165) is 23.6 Å². The van der Waals surface area contributed by atoms with E-state index in [9.17, 15) is 22.0 Å². The number of carbonyl (C=O) groups is 1. The number of hydrogen-bond acceptors (Lipinski definition) is 8. The highest BCUT2D eigenvalue weighted by atomic mass is 32.2. The van der Waals surface area contributed by atoms with Crippen LogP contribution in [-0.2, 0) is 14.8 Å². The van der Waals surface area contributed by atoms with Crippen LogP contribution in [0.2, 0.25) is 0 Å². The molecular formula is C27H24F2N6O4S. The number of carbonyl (C=O) groups excluding carboxylic acids is 1. The first-order chi connectivity index (χ1) is 19.2. The first-order valence-electron chi connectivity index (χ1n) is 12.1. The Morgan fingerprint density at radius 1 is 1.02 bits per heavy atom. The molecule has 1 aliphatic rings. The van der Waals surface area contributed by atoms with Gasteiger partial charge in [0.15, 0.2) is 4.90 Å². The van der Waals surface area contributed by atoms with E-state index in [2.05, 4.69) is 31.2 Å². The van der Waals surface area contributed by atoms with Crippen molar-refractivity contribution < 1.29 is 26.7 Å². The van der Waals surface area contributed by atoms with Gasteiger partial charge >= 0.3 is 0 Å². The number of fused-ring (bicyclic) bond motifs is 1. The molecule has 0 atom stereocenters. The van der Waals surface area contributed by atoms with E-state index in [1.807, 2.05) is 6.07 Å². The Balaban J connectivity index is 1.50.